The lowest BCUT2D eigenvalue weighted by molar-refractivity contribution is 0.0994. The van der Waals surface area contributed by atoms with Gasteiger partial charge in [0.25, 0.3) is 5.91 Å². The van der Waals surface area contributed by atoms with Gasteiger partial charge in [0.15, 0.2) is 11.6 Å². The van der Waals surface area contributed by atoms with Crippen molar-refractivity contribution in [3.05, 3.63) is 100 Å². The molecule has 186 valence electrons. The summed E-state index contributed by atoms with van der Waals surface area (Å²) >= 11 is 0. The third-order valence-corrected chi connectivity index (χ3v) is 7.69. The maximum Gasteiger partial charge on any atom is 0.292 e. The molecular formula is C31H35N3O2. The molecule has 0 atom stereocenters. The Morgan fingerprint density at radius 3 is 2.31 bits per heavy atom. The molecule has 0 saturated carbocycles. The fraction of sp³-hybridized carbons (Fsp3) is 0.355. The van der Waals surface area contributed by atoms with Crippen LogP contribution < -0.4 is 5.32 Å². The van der Waals surface area contributed by atoms with Gasteiger partial charge in [-0.1, -0.05) is 58.0 Å². The maximum atomic E-state index is 12.9. The molecule has 5 nitrogen and oxygen atoms in total. The minimum atomic E-state index is -0.302. The topological polar surface area (TPSA) is 60.1 Å². The summed E-state index contributed by atoms with van der Waals surface area (Å²) in [7, 11) is 0. The highest BCUT2D eigenvalue weighted by Gasteiger charge is 2.37. The van der Waals surface area contributed by atoms with Gasteiger partial charge in [0, 0.05) is 18.2 Å². The van der Waals surface area contributed by atoms with Gasteiger partial charge in [-0.05, 0) is 84.0 Å². The van der Waals surface area contributed by atoms with Crippen molar-refractivity contribution in [2.24, 2.45) is 0 Å². The Morgan fingerprint density at radius 2 is 1.61 bits per heavy atom. The Balaban J connectivity index is 1.34. The van der Waals surface area contributed by atoms with E-state index < -0.39 is 0 Å². The lowest BCUT2D eigenvalue weighted by Gasteiger charge is -2.42. The number of aryl methyl sites for hydroxylation is 2. The number of furan rings is 1. The first-order valence-electron chi connectivity index (χ1n) is 12.7. The molecule has 0 saturated heterocycles. The number of fused-ring (bicyclic) bond motifs is 1. The highest BCUT2D eigenvalue weighted by atomic mass is 16.3. The third kappa shape index (κ3) is 4.50. The van der Waals surface area contributed by atoms with Crippen LogP contribution in [0, 0.1) is 13.8 Å². The second kappa shape index (κ2) is 8.81. The lowest BCUT2D eigenvalue weighted by Crippen LogP contribution is -2.34. The summed E-state index contributed by atoms with van der Waals surface area (Å²) in [5.74, 6) is 1.26. The van der Waals surface area contributed by atoms with E-state index in [9.17, 15) is 4.79 Å². The molecule has 0 aliphatic heterocycles. The minimum Gasteiger partial charge on any atom is -0.456 e. The first-order valence-corrected chi connectivity index (χ1v) is 12.7. The van der Waals surface area contributed by atoms with Crippen molar-refractivity contribution in [3.63, 3.8) is 0 Å². The van der Waals surface area contributed by atoms with Gasteiger partial charge in [0.05, 0.1) is 5.69 Å². The first kappa shape index (κ1) is 24.1. The predicted molar refractivity (Wildman–Crippen MR) is 144 cm³/mol. The third-order valence-electron chi connectivity index (χ3n) is 7.69. The van der Waals surface area contributed by atoms with Crippen molar-refractivity contribution < 1.29 is 9.21 Å². The zero-order valence-corrected chi connectivity index (χ0v) is 22.1. The van der Waals surface area contributed by atoms with Crippen molar-refractivity contribution in [1.29, 1.82) is 0 Å². The van der Waals surface area contributed by atoms with Crippen molar-refractivity contribution in [2.45, 2.75) is 71.6 Å². The van der Waals surface area contributed by atoms with Gasteiger partial charge in [0.2, 0.25) is 0 Å². The number of aromatic nitrogens is 2. The largest absolute Gasteiger partial charge is 0.456 e. The van der Waals surface area contributed by atoms with Crippen LogP contribution in [0.5, 0.6) is 0 Å². The molecule has 2 heterocycles. The van der Waals surface area contributed by atoms with Gasteiger partial charge >= 0.3 is 0 Å². The number of nitrogens with zero attached hydrogens (tertiary/aromatic N) is 2. The normalized spacial score (nSPS) is 15.9. The van der Waals surface area contributed by atoms with Crippen LogP contribution in [0.25, 0.3) is 5.69 Å². The van der Waals surface area contributed by atoms with Gasteiger partial charge in [-0.3, -0.25) is 4.79 Å². The van der Waals surface area contributed by atoms with E-state index in [0.717, 1.165) is 17.1 Å². The molecule has 5 rings (SSSR count). The standard InChI is InChI=1S/C31H35N3O2/c1-20-16-25-26(31(5,6)15-14-30(25,3)4)19-22(20)18-24-12-13-27(36-24)29(35)32-28-17-21(2)34(33-28)23-10-8-7-9-11-23/h7-13,16-17,19H,14-15,18H2,1-6H3,(H,32,33,35). The quantitative estimate of drug-likeness (QED) is 0.326. The van der Waals surface area contributed by atoms with Crippen LogP contribution in [0.4, 0.5) is 5.82 Å². The van der Waals surface area contributed by atoms with Crippen LogP contribution >= 0.6 is 0 Å². The molecule has 2 aromatic carbocycles. The fourth-order valence-electron chi connectivity index (χ4n) is 5.28. The van der Waals surface area contributed by atoms with Crippen molar-refractivity contribution in [3.8, 4) is 5.69 Å². The molecule has 0 bridgehead atoms. The molecule has 1 N–H and O–H groups in total. The van der Waals surface area contributed by atoms with Crippen LogP contribution in [0.3, 0.4) is 0 Å². The van der Waals surface area contributed by atoms with Gasteiger partial charge in [-0.25, -0.2) is 4.68 Å². The van der Waals surface area contributed by atoms with E-state index in [1.807, 2.05) is 54.1 Å². The monoisotopic (exact) mass is 481 g/mol. The van der Waals surface area contributed by atoms with Crippen LogP contribution in [-0.4, -0.2) is 15.7 Å². The molecule has 0 radical (unpaired) electrons. The molecule has 5 heteroatoms. The average Bonchev–Trinajstić information content (AvgIpc) is 3.45. The molecule has 4 aromatic rings. The number of para-hydroxylation sites is 1. The number of amides is 1. The summed E-state index contributed by atoms with van der Waals surface area (Å²) in [6.45, 7) is 13.5. The lowest BCUT2D eigenvalue weighted by atomic mass is 9.62. The first-order chi connectivity index (χ1) is 17.0. The molecule has 1 aliphatic carbocycles. The Labute approximate surface area is 213 Å². The zero-order chi connectivity index (χ0) is 25.7. The number of hydrogen-bond donors (Lipinski definition) is 1. The number of hydrogen-bond acceptors (Lipinski definition) is 3. The van der Waals surface area contributed by atoms with Gasteiger partial charge < -0.3 is 9.73 Å². The molecule has 0 fully saturated rings. The van der Waals surface area contributed by atoms with Crippen LogP contribution in [0.15, 0.2) is 65.1 Å². The van der Waals surface area contributed by atoms with Gasteiger partial charge in [-0.15, -0.1) is 5.10 Å². The van der Waals surface area contributed by atoms with E-state index in [2.05, 4.69) is 57.2 Å². The van der Waals surface area contributed by atoms with Crippen LogP contribution in [-0.2, 0) is 17.3 Å². The summed E-state index contributed by atoms with van der Waals surface area (Å²) in [5.41, 5.74) is 7.65. The maximum absolute atomic E-state index is 12.9. The summed E-state index contributed by atoms with van der Waals surface area (Å²) in [4.78, 5) is 12.9. The van der Waals surface area contributed by atoms with E-state index in [4.69, 9.17) is 4.42 Å². The molecule has 0 unspecified atom stereocenters. The van der Waals surface area contributed by atoms with Crippen molar-refractivity contribution >= 4 is 11.7 Å². The molecule has 2 aromatic heterocycles. The summed E-state index contributed by atoms with van der Waals surface area (Å²) in [6.07, 6.45) is 3.04. The summed E-state index contributed by atoms with van der Waals surface area (Å²) < 4.78 is 7.80. The predicted octanol–water partition coefficient (Wildman–Crippen LogP) is 7.27. The van der Waals surface area contributed by atoms with Gasteiger partial charge in [-0.2, -0.15) is 0 Å². The number of rotatable bonds is 5. The SMILES string of the molecule is Cc1cc2c(cc1Cc1ccc(C(=O)Nc3cc(C)n(-c4ccccc4)n3)o1)C(C)(C)CCC2(C)C. The Morgan fingerprint density at radius 1 is 0.944 bits per heavy atom. The van der Waals surface area contributed by atoms with E-state index in [1.165, 1.54) is 35.1 Å². The molecule has 1 amide bonds. The van der Waals surface area contributed by atoms with E-state index in [-0.39, 0.29) is 22.5 Å². The van der Waals surface area contributed by atoms with E-state index in [0.29, 0.717) is 12.2 Å². The summed E-state index contributed by atoms with van der Waals surface area (Å²) in [6, 6.07) is 20.1. The Bertz CT molecular complexity index is 1420. The number of nitrogens with one attached hydrogen (secondary N) is 1. The minimum absolute atomic E-state index is 0.156. The van der Waals surface area contributed by atoms with E-state index >= 15 is 0 Å². The average molecular weight is 482 g/mol. The van der Waals surface area contributed by atoms with Crippen LogP contribution in [0.2, 0.25) is 0 Å². The Hall–Kier alpha value is -3.60. The molecule has 36 heavy (non-hydrogen) atoms. The number of anilines is 1. The highest BCUT2D eigenvalue weighted by molar-refractivity contribution is 6.01. The smallest absolute Gasteiger partial charge is 0.292 e. The molecular weight excluding hydrogens is 446 g/mol. The second-order valence-electron chi connectivity index (χ2n) is 11.4. The molecule has 0 spiro atoms. The Kier molecular flexibility index (Phi) is 5.90. The zero-order valence-electron chi connectivity index (χ0n) is 22.1. The number of carbonyl (C=O) groups is 1. The van der Waals surface area contributed by atoms with Gasteiger partial charge in [0.1, 0.15) is 5.76 Å². The van der Waals surface area contributed by atoms with E-state index in [1.54, 1.807) is 6.07 Å². The van der Waals surface area contributed by atoms with Crippen molar-refractivity contribution in [1.82, 2.24) is 9.78 Å². The van der Waals surface area contributed by atoms with Crippen LogP contribution in [0.1, 0.15) is 84.8 Å². The number of benzene rings is 2. The fourth-order valence-corrected chi connectivity index (χ4v) is 5.28. The highest BCUT2D eigenvalue weighted by Crippen LogP contribution is 2.46. The summed E-state index contributed by atoms with van der Waals surface area (Å²) in [5, 5.41) is 7.41. The van der Waals surface area contributed by atoms with Crippen molar-refractivity contribution in [2.75, 3.05) is 5.32 Å². The number of carbonyl (C=O) groups excluding carboxylic acids is 1. The molecule has 1 aliphatic rings. The second-order valence-corrected chi connectivity index (χ2v) is 11.4.